The van der Waals surface area contributed by atoms with Crippen LogP contribution in [0.5, 0.6) is 0 Å². The Bertz CT molecular complexity index is 3720. The summed E-state index contributed by atoms with van der Waals surface area (Å²) in [5.74, 6) is 0.481. The van der Waals surface area contributed by atoms with Crippen molar-refractivity contribution < 1.29 is 23.6 Å². The van der Waals surface area contributed by atoms with Crippen LogP contribution in [0.1, 0.15) is 19.2 Å². The summed E-state index contributed by atoms with van der Waals surface area (Å²) >= 11 is 0. The van der Waals surface area contributed by atoms with Crippen molar-refractivity contribution in [1.29, 1.82) is 0 Å². The van der Waals surface area contributed by atoms with Crippen LogP contribution in [-0.2, 0) is 0 Å². The molecule has 0 radical (unpaired) electrons. The summed E-state index contributed by atoms with van der Waals surface area (Å²) in [5, 5.41) is 1.23. The van der Waals surface area contributed by atoms with Gasteiger partial charge in [0.15, 0.2) is 5.82 Å². The highest BCUT2D eigenvalue weighted by Gasteiger charge is 2.19. The van der Waals surface area contributed by atoms with Crippen LogP contribution in [0.3, 0.4) is 0 Å². The van der Waals surface area contributed by atoms with E-state index in [2.05, 4.69) is 0 Å². The Hall–Kier alpha value is -7.56. The average Bonchev–Trinajstić information content (AvgIpc) is 3.77. The molecule has 0 saturated carbocycles. The summed E-state index contributed by atoms with van der Waals surface area (Å²) in [4.78, 5) is 11.1. The van der Waals surface area contributed by atoms with E-state index in [1.165, 1.54) is 12.1 Å². The Morgan fingerprint density at radius 2 is 1.07 bits per heavy atom. The van der Waals surface area contributed by atoms with E-state index in [9.17, 15) is 2.74 Å². The minimum Gasteiger partial charge on any atom is -0.456 e. The van der Waals surface area contributed by atoms with Gasteiger partial charge in [-0.15, -0.1) is 0 Å². The molecule has 8 aromatic carbocycles. The molecular formula is C52H35N3O. The van der Waals surface area contributed by atoms with Gasteiger partial charge in [-0.3, -0.25) is 0 Å². The van der Waals surface area contributed by atoms with E-state index in [-0.39, 0.29) is 11.3 Å². The third-order valence-corrected chi connectivity index (χ3v) is 9.36. The second-order valence-electron chi connectivity index (χ2n) is 12.8. The Morgan fingerprint density at radius 1 is 0.429 bits per heavy atom. The molecular weight excluding hydrogens is 683 g/mol. The topological polar surface area (TPSA) is 42.2 Å². The second kappa shape index (κ2) is 14.3. The molecule has 0 unspecified atom stereocenters. The van der Waals surface area contributed by atoms with Crippen molar-refractivity contribution in [1.82, 2.24) is 9.97 Å². The zero-order valence-corrected chi connectivity index (χ0v) is 29.4. The lowest BCUT2D eigenvalue weighted by atomic mass is 10.00. The van der Waals surface area contributed by atoms with E-state index in [0.717, 1.165) is 27.2 Å². The standard InChI is InChI=1S/C52H35N3O/c1-5-15-36(16-6-1)38-27-29-39(30-28-38)47-35-48(54-52(53-47)40-19-9-3-10-20-40)45-25-14-26-49-51(45)46-32-31-44(34-50(46)56-49)55(42-22-11-4-12-23-42)43-24-13-21-41(33-43)37-17-7-2-8-18-37/h1-35H/i2D,4D,7D,8D,11D,12D,13D,17D,18D,21D,22D,23D,24D,33D. The monoisotopic (exact) mass is 731 g/mol. The van der Waals surface area contributed by atoms with Crippen LogP contribution >= 0.6 is 0 Å². The van der Waals surface area contributed by atoms with Crippen LogP contribution in [0.2, 0.25) is 0 Å². The molecule has 56 heavy (non-hydrogen) atoms. The normalized spacial score (nSPS) is 14.7. The van der Waals surface area contributed by atoms with Crippen LogP contribution in [0.4, 0.5) is 17.1 Å². The number of nitrogens with zero attached hydrogens (tertiary/aromatic N) is 3. The van der Waals surface area contributed by atoms with Crippen molar-refractivity contribution >= 4 is 39.0 Å². The molecule has 0 aliphatic heterocycles. The lowest BCUT2D eigenvalue weighted by Gasteiger charge is -2.26. The lowest BCUT2D eigenvalue weighted by Crippen LogP contribution is -2.09. The first-order chi connectivity index (χ1) is 33.6. The van der Waals surface area contributed by atoms with E-state index in [1.807, 2.05) is 103 Å². The van der Waals surface area contributed by atoms with Crippen LogP contribution in [0.15, 0.2) is 216 Å². The minimum atomic E-state index is -0.814. The van der Waals surface area contributed by atoms with E-state index in [1.54, 1.807) is 12.1 Å². The highest BCUT2D eigenvalue weighted by atomic mass is 16.3. The molecule has 4 heteroatoms. The van der Waals surface area contributed by atoms with Gasteiger partial charge in [-0.2, -0.15) is 0 Å². The molecule has 0 aliphatic rings. The van der Waals surface area contributed by atoms with Crippen molar-refractivity contribution in [3.8, 4) is 56.2 Å². The number of furan rings is 1. The molecule has 0 N–H and O–H groups in total. The number of rotatable bonds is 8. The zero-order valence-electron chi connectivity index (χ0n) is 43.4. The van der Waals surface area contributed by atoms with Gasteiger partial charge in [0.2, 0.25) is 0 Å². The molecule has 10 aromatic rings. The maximum atomic E-state index is 9.56. The van der Waals surface area contributed by atoms with E-state index < -0.39 is 107 Å². The van der Waals surface area contributed by atoms with Gasteiger partial charge in [-0.1, -0.05) is 157 Å². The summed E-state index contributed by atoms with van der Waals surface area (Å²) in [7, 11) is 0. The van der Waals surface area contributed by atoms with Gasteiger partial charge in [0, 0.05) is 50.6 Å². The van der Waals surface area contributed by atoms with Gasteiger partial charge in [0.1, 0.15) is 11.2 Å². The Labute approximate surface area is 345 Å². The van der Waals surface area contributed by atoms with E-state index >= 15 is 0 Å². The summed E-state index contributed by atoms with van der Waals surface area (Å²) < 4.78 is 129. The molecule has 0 saturated heterocycles. The molecule has 2 aromatic heterocycles. The van der Waals surface area contributed by atoms with Crippen molar-refractivity contribution in [3.05, 3.63) is 212 Å². The highest BCUT2D eigenvalue weighted by molar-refractivity contribution is 6.13. The number of aromatic nitrogens is 2. The molecule has 0 fully saturated rings. The summed E-state index contributed by atoms with van der Waals surface area (Å²) in [5.41, 5.74) is 4.11. The summed E-state index contributed by atoms with van der Waals surface area (Å²) in [6.45, 7) is 0. The molecule has 264 valence electrons. The third-order valence-electron chi connectivity index (χ3n) is 9.36. The van der Waals surface area contributed by atoms with Gasteiger partial charge in [0.25, 0.3) is 0 Å². The molecule has 0 amide bonds. The fourth-order valence-corrected chi connectivity index (χ4v) is 6.75. The smallest absolute Gasteiger partial charge is 0.160 e. The number of benzene rings is 8. The van der Waals surface area contributed by atoms with E-state index in [0.29, 0.717) is 39.1 Å². The zero-order chi connectivity index (χ0) is 49.4. The predicted octanol–water partition coefficient (Wildman–Crippen LogP) is 14.2. The van der Waals surface area contributed by atoms with Crippen molar-refractivity contribution in [2.45, 2.75) is 0 Å². The minimum absolute atomic E-state index is 0.00687. The number of hydrogen-bond acceptors (Lipinski definition) is 4. The molecule has 0 bridgehead atoms. The van der Waals surface area contributed by atoms with Crippen molar-refractivity contribution in [2.24, 2.45) is 0 Å². The SMILES string of the molecule is [2H]c1c([2H])c([2H])c(-c2c([2H])c([2H])c([2H])c(N(c3ccc4c(c3)oc3cccc(-c5cc(-c6ccc(-c7ccccc7)cc6)nc(-c6ccccc6)n5)c34)c3c([2H])c([2H])c([2H])c([2H])c3[2H])c2[2H])c([2H])c1[2H]. The molecule has 10 rings (SSSR count). The summed E-state index contributed by atoms with van der Waals surface area (Å²) in [6, 6.07) is 29.2. The third kappa shape index (κ3) is 6.29. The van der Waals surface area contributed by atoms with Crippen LogP contribution < -0.4 is 4.90 Å². The Kier molecular flexibility index (Phi) is 5.47. The number of anilines is 3. The van der Waals surface area contributed by atoms with E-state index in [4.69, 9.17) is 30.8 Å². The first kappa shape index (κ1) is 21.4. The Balaban J connectivity index is 1.20. The van der Waals surface area contributed by atoms with Gasteiger partial charge >= 0.3 is 0 Å². The quantitative estimate of drug-likeness (QED) is 0.156. The molecule has 0 atom stereocenters. The number of fused-ring (bicyclic) bond motifs is 3. The highest BCUT2D eigenvalue weighted by Crippen LogP contribution is 2.42. The predicted molar refractivity (Wildman–Crippen MR) is 231 cm³/mol. The molecule has 0 spiro atoms. The number of para-hydroxylation sites is 1. The fourth-order valence-electron chi connectivity index (χ4n) is 6.75. The maximum Gasteiger partial charge on any atom is 0.160 e. The first-order valence-corrected chi connectivity index (χ1v) is 17.7. The summed E-state index contributed by atoms with van der Waals surface area (Å²) in [6.07, 6.45) is 0. The van der Waals surface area contributed by atoms with Gasteiger partial charge in [-0.25, -0.2) is 9.97 Å². The first-order valence-electron chi connectivity index (χ1n) is 24.7. The fraction of sp³-hybridized carbons (Fsp3) is 0. The largest absolute Gasteiger partial charge is 0.456 e. The molecule has 2 heterocycles. The van der Waals surface area contributed by atoms with Crippen LogP contribution in [0.25, 0.3) is 78.1 Å². The molecule has 4 nitrogen and oxygen atoms in total. The average molecular weight is 732 g/mol. The van der Waals surface area contributed by atoms with Crippen LogP contribution in [-0.4, -0.2) is 9.97 Å². The van der Waals surface area contributed by atoms with Gasteiger partial charge < -0.3 is 9.32 Å². The van der Waals surface area contributed by atoms with Crippen molar-refractivity contribution in [3.63, 3.8) is 0 Å². The second-order valence-corrected chi connectivity index (χ2v) is 12.8. The van der Waals surface area contributed by atoms with Gasteiger partial charge in [-0.05, 0) is 70.7 Å². The number of hydrogen-bond donors (Lipinski definition) is 0. The van der Waals surface area contributed by atoms with Crippen molar-refractivity contribution in [2.75, 3.05) is 4.90 Å². The van der Waals surface area contributed by atoms with Gasteiger partial charge in [0.05, 0.1) is 30.6 Å². The molecule has 0 aliphatic carbocycles. The lowest BCUT2D eigenvalue weighted by molar-refractivity contribution is 0.669. The van der Waals surface area contributed by atoms with Crippen LogP contribution in [0, 0.1) is 0 Å². The Morgan fingerprint density at radius 3 is 1.84 bits per heavy atom. The maximum absolute atomic E-state index is 9.56.